The van der Waals surface area contributed by atoms with Gasteiger partial charge in [-0.15, -0.1) is 11.3 Å². The maximum absolute atomic E-state index is 12.8. The van der Waals surface area contributed by atoms with E-state index in [1.807, 2.05) is 23.7 Å². The van der Waals surface area contributed by atoms with Crippen LogP contribution in [0.15, 0.2) is 36.1 Å². The Morgan fingerprint density at radius 3 is 2.86 bits per heavy atom. The number of carbonyl (C=O) groups is 1. The number of pyridine rings is 1. The minimum Gasteiger partial charge on any atom is -0.349 e. The maximum Gasteiger partial charge on any atom is 0.228 e. The molecule has 4 nitrogen and oxygen atoms in total. The van der Waals surface area contributed by atoms with E-state index in [0.717, 1.165) is 23.4 Å². The Balaban J connectivity index is 1.73. The second-order valence-corrected chi connectivity index (χ2v) is 6.78. The zero-order valence-corrected chi connectivity index (χ0v) is 13.4. The van der Waals surface area contributed by atoms with Gasteiger partial charge in [-0.25, -0.2) is 4.98 Å². The van der Waals surface area contributed by atoms with E-state index in [1.165, 1.54) is 19.3 Å². The Labute approximate surface area is 135 Å². The quantitative estimate of drug-likeness (QED) is 0.918. The topological polar surface area (TPSA) is 54.9 Å². The summed E-state index contributed by atoms with van der Waals surface area (Å²) in [4.78, 5) is 21.2. The number of rotatable bonds is 5. The van der Waals surface area contributed by atoms with E-state index in [9.17, 15) is 4.79 Å². The highest BCUT2D eigenvalue weighted by Gasteiger charge is 2.31. The van der Waals surface area contributed by atoms with Gasteiger partial charge in [-0.05, 0) is 30.4 Å². The molecule has 0 radical (unpaired) electrons. The van der Waals surface area contributed by atoms with Gasteiger partial charge in [0, 0.05) is 24.0 Å². The molecule has 1 N–H and O–H groups in total. The number of aromatic nitrogens is 2. The maximum atomic E-state index is 12.8. The smallest absolute Gasteiger partial charge is 0.228 e. The van der Waals surface area contributed by atoms with Gasteiger partial charge in [-0.2, -0.15) is 0 Å². The molecule has 1 aliphatic carbocycles. The van der Waals surface area contributed by atoms with Crippen molar-refractivity contribution in [2.45, 2.75) is 44.6 Å². The average Bonchev–Trinajstić information content (AvgIpc) is 3.09. The van der Waals surface area contributed by atoms with E-state index >= 15 is 0 Å². The van der Waals surface area contributed by atoms with Crippen molar-refractivity contribution in [1.82, 2.24) is 15.3 Å². The van der Waals surface area contributed by atoms with Crippen molar-refractivity contribution >= 4 is 17.2 Å². The van der Waals surface area contributed by atoms with Crippen molar-refractivity contribution < 1.29 is 4.79 Å². The summed E-state index contributed by atoms with van der Waals surface area (Å²) in [6.07, 6.45) is 11.4. The molecule has 1 fully saturated rings. The third-order valence-electron chi connectivity index (χ3n) is 4.34. The summed E-state index contributed by atoms with van der Waals surface area (Å²) in [7, 11) is 0. The van der Waals surface area contributed by atoms with Gasteiger partial charge in [0.15, 0.2) is 0 Å². The molecule has 0 aromatic carbocycles. The standard InChI is InChI=1S/C17H21N3OS/c21-17(20-12-15-19-9-10-22-15)16(13-5-2-1-3-6-13)14-7-4-8-18-11-14/h4,7-11,13,16H,1-3,5-6,12H2,(H,20,21). The third kappa shape index (κ3) is 3.71. The summed E-state index contributed by atoms with van der Waals surface area (Å²) in [6, 6.07) is 3.94. The lowest BCUT2D eigenvalue weighted by Gasteiger charge is -2.29. The summed E-state index contributed by atoms with van der Waals surface area (Å²) in [5, 5.41) is 5.94. The van der Waals surface area contributed by atoms with Crippen LogP contribution in [0.1, 0.15) is 48.6 Å². The van der Waals surface area contributed by atoms with E-state index in [0.29, 0.717) is 12.5 Å². The molecule has 5 heteroatoms. The molecule has 1 amide bonds. The van der Waals surface area contributed by atoms with Crippen molar-refractivity contribution in [2.75, 3.05) is 0 Å². The van der Waals surface area contributed by atoms with Gasteiger partial charge < -0.3 is 5.32 Å². The van der Waals surface area contributed by atoms with Crippen molar-refractivity contribution in [1.29, 1.82) is 0 Å². The van der Waals surface area contributed by atoms with Crippen LogP contribution in [0, 0.1) is 5.92 Å². The van der Waals surface area contributed by atoms with Crippen LogP contribution in [0.2, 0.25) is 0 Å². The first-order valence-corrected chi connectivity index (χ1v) is 8.78. The Morgan fingerprint density at radius 2 is 2.18 bits per heavy atom. The number of nitrogens with one attached hydrogen (secondary N) is 1. The minimum atomic E-state index is -0.0889. The first kappa shape index (κ1) is 15.2. The lowest BCUT2D eigenvalue weighted by Crippen LogP contribution is -2.34. The fourth-order valence-corrected chi connectivity index (χ4v) is 3.83. The molecule has 3 rings (SSSR count). The van der Waals surface area contributed by atoms with Gasteiger partial charge in [0.1, 0.15) is 5.01 Å². The molecule has 116 valence electrons. The highest BCUT2D eigenvalue weighted by molar-refractivity contribution is 7.09. The summed E-state index contributed by atoms with van der Waals surface area (Å²) in [6.45, 7) is 0.514. The van der Waals surface area contributed by atoms with Crippen LogP contribution in [0.4, 0.5) is 0 Å². The van der Waals surface area contributed by atoms with Crippen LogP contribution in [-0.4, -0.2) is 15.9 Å². The SMILES string of the molecule is O=C(NCc1nccs1)C(c1cccnc1)C1CCCCC1. The second-order valence-electron chi connectivity index (χ2n) is 5.81. The van der Waals surface area contributed by atoms with Crippen LogP contribution in [-0.2, 0) is 11.3 Å². The normalized spacial score (nSPS) is 17.1. The molecule has 2 heterocycles. The number of hydrogen-bond donors (Lipinski definition) is 1. The summed E-state index contributed by atoms with van der Waals surface area (Å²) >= 11 is 1.57. The van der Waals surface area contributed by atoms with Crippen molar-refractivity contribution in [3.05, 3.63) is 46.7 Å². The number of carbonyl (C=O) groups excluding carboxylic acids is 1. The molecular formula is C17H21N3OS. The van der Waals surface area contributed by atoms with E-state index < -0.39 is 0 Å². The predicted molar refractivity (Wildman–Crippen MR) is 87.5 cm³/mol. The molecule has 1 aliphatic rings. The molecule has 2 aromatic heterocycles. The molecular weight excluding hydrogens is 294 g/mol. The van der Waals surface area contributed by atoms with Gasteiger partial charge in [0.25, 0.3) is 0 Å². The van der Waals surface area contributed by atoms with Crippen LogP contribution >= 0.6 is 11.3 Å². The van der Waals surface area contributed by atoms with Crippen LogP contribution in [0.5, 0.6) is 0 Å². The van der Waals surface area contributed by atoms with Crippen molar-refractivity contribution in [2.24, 2.45) is 5.92 Å². The van der Waals surface area contributed by atoms with Crippen LogP contribution in [0.3, 0.4) is 0 Å². The molecule has 2 aromatic rings. The fraction of sp³-hybridized carbons (Fsp3) is 0.471. The summed E-state index contributed by atoms with van der Waals surface area (Å²) in [5.41, 5.74) is 1.03. The average molecular weight is 315 g/mol. The van der Waals surface area contributed by atoms with Crippen LogP contribution < -0.4 is 5.32 Å². The second kappa shape index (κ2) is 7.49. The zero-order chi connectivity index (χ0) is 15.2. The molecule has 1 saturated carbocycles. The van der Waals surface area contributed by atoms with E-state index in [-0.39, 0.29) is 11.8 Å². The predicted octanol–water partition coefficient (Wildman–Crippen LogP) is 3.52. The van der Waals surface area contributed by atoms with E-state index in [1.54, 1.807) is 23.7 Å². The molecule has 0 spiro atoms. The zero-order valence-electron chi connectivity index (χ0n) is 12.6. The third-order valence-corrected chi connectivity index (χ3v) is 5.12. The number of nitrogens with zero attached hydrogens (tertiary/aromatic N) is 2. The Morgan fingerprint density at radius 1 is 1.32 bits per heavy atom. The minimum absolute atomic E-state index is 0.0889. The highest BCUT2D eigenvalue weighted by Crippen LogP contribution is 2.36. The molecule has 1 unspecified atom stereocenters. The monoisotopic (exact) mass is 315 g/mol. The van der Waals surface area contributed by atoms with E-state index in [4.69, 9.17) is 0 Å². The number of hydrogen-bond acceptors (Lipinski definition) is 4. The van der Waals surface area contributed by atoms with Gasteiger partial charge in [0.2, 0.25) is 5.91 Å². The molecule has 0 bridgehead atoms. The molecule has 22 heavy (non-hydrogen) atoms. The molecule has 0 saturated heterocycles. The molecule has 0 aliphatic heterocycles. The lowest BCUT2D eigenvalue weighted by atomic mass is 9.76. The lowest BCUT2D eigenvalue weighted by molar-refractivity contribution is -0.124. The summed E-state index contributed by atoms with van der Waals surface area (Å²) < 4.78 is 0. The number of thiazole rings is 1. The Bertz CT molecular complexity index is 579. The first-order valence-electron chi connectivity index (χ1n) is 7.90. The Hall–Kier alpha value is -1.75. The van der Waals surface area contributed by atoms with Gasteiger partial charge in [0.05, 0.1) is 12.5 Å². The van der Waals surface area contributed by atoms with Crippen molar-refractivity contribution in [3.63, 3.8) is 0 Å². The van der Waals surface area contributed by atoms with Gasteiger partial charge in [-0.3, -0.25) is 9.78 Å². The highest BCUT2D eigenvalue weighted by atomic mass is 32.1. The van der Waals surface area contributed by atoms with Gasteiger partial charge >= 0.3 is 0 Å². The Kier molecular flexibility index (Phi) is 5.16. The van der Waals surface area contributed by atoms with Crippen molar-refractivity contribution in [3.8, 4) is 0 Å². The molecule has 1 atom stereocenters. The number of amides is 1. The fourth-order valence-electron chi connectivity index (χ4n) is 3.28. The van der Waals surface area contributed by atoms with Crippen LogP contribution in [0.25, 0.3) is 0 Å². The van der Waals surface area contributed by atoms with E-state index in [2.05, 4.69) is 15.3 Å². The van der Waals surface area contributed by atoms with Gasteiger partial charge in [-0.1, -0.05) is 25.3 Å². The largest absolute Gasteiger partial charge is 0.349 e. The summed E-state index contributed by atoms with van der Waals surface area (Å²) in [5.74, 6) is 0.443. The first-order chi connectivity index (χ1) is 10.8.